The second-order valence-electron chi connectivity index (χ2n) is 7.07. The second-order valence-corrected chi connectivity index (χ2v) is 7.94. The lowest BCUT2D eigenvalue weighted by atomic mass is 10.2. The highest BCUT2D eigenvalue weighted by Crippen LogP contribution is 2.24. The first-order valence-electron chi connectivity index (χ1n) is 10.3. The van der Waals surface area contributed by atoms with E-state index in [4.69, 9.17) is 9.47 Å². The van der Waals surface area contributed by atoms with Crippen LogP contribution in [0.2, 0.25) is 0 Å². The van der Waals surface area contributed by atoms with Gasteiger partial charge in [-0.3, -0.25) is 14.4 Å². The van der Waals surface area contributed by atoms with Crippen LogP contribution in [0.3, 0.4) is 0 Å². The molecule has 34 heavy (non-hydrogen) atoms. The average Bonchev–Trinajstić information content (AvgIpc) is 2.84. The van der Waals surface area contributed by atoms with Crippen molar-refractivity contribution in [3.8, 4) is 11.5 Å². The van der Waals surface area contributed by atoms with Crippen LogP contribution in [0.4, 0.5) is 17.1 Å². The van der Waals surface area contributed by atoms with Crippen molar-refractivity contribution in [1.82, 2.24) is 0 Å². The van der Waals surface area contributed by atoms with Gasteiger partial charge < -0.3 is 25.4 Å². The van der Waals surface area contributed by atoms with Gasteiger partial charge >= 0.3 is 0 Å². The predicted molar refractivity (Wildman–Crippen MR) is 135 cm³/mol. The third-order valence-corrected chi connectivity index (χ3v) is 5.12. The van der Waals surface area contributed by atoms with Gasteiger partial charge in [0.05, 0.1) is 18.6 Å². The van der Waals surface area contributed by atoms with Crippen LogP contribution in [-0.2, 0) is 9.59 Å². The molecule has 3 aromatic rings. The lowest BCUT2D eigenvalue weighted by molar-refractivity contribution is -0.118. The fourth-order valence-electron chi connectivity index (χ4n) is 2.96. The molecule has 176 valence electrons. The number of methoxy groups -OCH3 is 1. The van der Waals surface area contributed by atoms with Crippen LogP contribution in [0.15, 0.2) is 72.8 Å². The van der Waals surface area contributed by atoms with Crippen molar-refractivity contribution in [1.29, 1.82) is 0 Å². The first-order chi connectivity index (χ1) is 16.5. The number of hydrogen-bond acceptors (Lipinski definition) is 6. The maximum Gasteiger partial charge on any atom is 0.262 e. The Morgan fingerprint density at radius 3 is 2.06 bits per heavy atom. The third kappa shape index (κ3) is 7.28. The van der Waals surface area contributed by atoms with Crippen molar-refractivity contribution >= 4 is 46.5 Å². The molecule has 8 nitrogen and oxygen atoms in total. The summed E-state index contributed by atoms with van der Waals surface area (Å²) >= 11 is 1.44. The van der Waals surface area contributed by atoms with Gasteiger partial charge in [0.1, 0.15) is 11.5 Å². The van der Waals surface area contributed by atoms with E-state index < -0.39 is 0 Å². The minimum atomic E-state index is -0.344. The zero-order chi connectivity index (χ0) is 24.3. The van der Waals surface area contributed by atoms with Gasteiger partial charge in [-0.15, -0.1) is 0 Å². The standard InChI is InChI=1S/C25H25N3O5S/c1-32-22-6-4-3-5-21(22)28-25(31)17-7-9-18(10-8-17)26-23(29)15-33-20-13-11-19(12-14-20)27-24(30)16-34-2/h3-14H,15-16H2,1-2H3,(H,26,29)(H,27,30)(H,28,31). The lowest BCUT2D eigenvalue weighted by Gasteiger charge is -2.11. The van der Waals surface area contributed by atoms with Crippen LogP contribution < -0.4 is 25.4 Å². The smallest absolute Gasteiger partial charge is 0.262 e. The molecule has 0 aliphatic rings. The highest BCUT2D eigenvalue weighted by atomic mass is 32.2. The zero-order valence-electron chi connectivity index (χ0n) is 18.8. The molecule has 0 aliphatic heterocycles. The highest BCUT2D eigenvalue weighted by Gasteiger charge is 2.10. The first kappa shape index (κ1) is 24.7. The van der Waals surface area contributed by atoms with Gasteiger partial charge in [-0.1, -0.05) is 12.1 Å². The fourth-order valence-corrected chi connectivity index (χ4v) is 3.29. The number of anilines is 3. The molecule has 0 radical (unpaired) electrons. The van der Waals surface area contributed by atoms with Gasteiger partial charge in [-0.05, 0) is 66.9 Å². The Bertz CT molecular complexity index is 1130. The number of ether oxygens (including phenoxy) is 2. The molecule has 0 bridgehead atoms. The molecular formula is C25H25N3O5S. The topological polar surface area (TPSA) is 106 Å². The fraction of sp³-hybridized carbons (Fsp3) is 0.160. The van der Waals surface area contributed by atoms with E-state index in [0.29, 0.717) is 39.9 Å². The van der Waals surface area contributed by atoms with Crippen LogP contribution in [0, 0.1) is 0 Å². The van der Waals surface area contributed by atoms with Crippen LogP contribution in [-0.4, -0.2) is 43.4 Å². The van der Waals surface area contributed by atoms with Gasteiger partial charge in [0.25, 0.3) is 11.8 Å². The number of nitrogens with one attached hydrogen (secondary N) is 3. The van der Waals surface area contributed by atoms with E-state index in [1.807, 2.05) is 12.3 Å². The van der Waals surface area contributed by atoms with Crippen molar-refractivity contribution in [2.24, 2.45) is 0 Å². The summed E-state index contributed by atoms with van der Waals surface area (Å²) in [7, 11) is 1.54. The Labute approximate surface area is 202 Å². The first-order valence-corrected chi connectivity index (χ1v) is 11.7. The Kier molecular flexibility index (Phi) is 8.93. The summed E-state index contributed by atoms with van der Waals surface area (Å²) in [6.45, 7) is -0.186. The molecule has 0 saturated heterocycles. The number of carbonyl (C=O) groups excluding carboxylic acids is 3. The maximum absolute atomic E-state index is 12.5. The third-order valence-electron chi connectivity index (χ3n) is 4.57. The second kappa shape index (κ2) is 12.3. The summed E-state index contributed by atoms with van der Waals surface area (Å²) in [4.78, 5) is 36.3. The number of benzene rings is 3. The van der Waals surface area contributed by atoms with Gasteiger partial charge in [0, 0.05) is 16.9 Å². The van der Waals surface area contributed by atoms with Crippen molar-refractivity contribution in [2.45, 2.75) is 0 Å². The SMILES string of the molecule is COc1ccccc1NC(=O)c1ccc(NC(=O)COc2ccc(NC(=O)CSC)cc2)cc1. The summed E-state index contributed by atoms with van der Waals surface area (Å²) in [6.07, 6.45) is 1.86. The van der Waals surface area contributed by atoms with Gasteiger partial charge in [-0.2, -0.15) is 11.8 Å². The zero-order valence-corrected chi connectivity index (χ0v) is 19.6. The molecule has 3 N–H and O–H groups in total. The molecule has 0 aliphatic carbocycles. The minimum absolute atomic E-state index is 0.0798. The quantitative estimate of drug-likeness (QED) is 0.401. The van der Waals surface area contributed by atoms with E-state index in [2.05, 4.69) is 16.0 Å². The van der Waals surface area contributed by atoms with E-state index in [1.165, 1.54) is 18.9 Å². The summed E-state index contributed by atoms with van der Waals surface area (Å²) in [5.74, 6) is 0.730. The molecule has 3 aromatic carbocycles. The Hall–Kier alpha value is -3.98. The molecule has 0 heterocycles. The summed E-state index contributed by atoms with van der Waals surface area (Å²) in [6, 6.07) is 20.4. The molecular weight excluding hydrogens is 454 g/mol. The van der Waals surface area contributed by atoms with E-state index in [0.717, 1.165) is 0 Å². The number of amides is 3. The van der Waals surface area contributed by atoms with Crippen molar-refractivity contribution in [2.75, 3.05) is 41.7 Å². The molecule has 0 spiro atoms. The van der Waals surface area contributed by atoms with E-state index in [1.54, 1.807) is 66.7 Å². The number of rotatable bonds is 10. The van der Waals surface area contributed by atoms with E-state index >= 15 is 0 Å². The lowest BCUT2D eigenvalue weighted by Crippen LogP contribution is -2.20. The Balaban J connectivity index is 1.48. The van der Waals surface area contributed by atoms with E-state index in [-0.39, 0.29) is 24.3 Å². The number of thioether (sulfide) groups is 1. The van der Waals surface area contributed by atoms with Crippen LogP contribution in [0.25, 0.3) is 0 Å². The molecule has 3 amide bonds. The molecule has 0 aromatic heterocycles. The summed E-state index contributed by atoms with van der Waals surface area (Å²) in [5.41, 5.74) is 2.20. The maximum atomic E-state index is 12.5. The summed E-state index contributed by atoms with van der Waals surface area (Å²) < 4.78 is 10.7. The number of carbonyl (C=O) groups is 3. The van der Waals surface area contributed by atoms with Gasteiger partial charge in [0.2, 0.25) is 5.91 Å². The normalized spacial score (nSPS) is 10.2. The predicted octanol–water partition coefficient (Wildman–Crippen LogP) is 4.27. The summed E-state index contributed by atoms with van der Waals surface area (Å²) in [5, 5.41) is 8.29. The van der Waals surface area contributed by atoms with Crippen LogP contribution in [0.1, 0.15) is 10.4 Å². The molecule has 9 heteroatoms. The van der Waals surface area contributed by atoms with Gasteiger partial charge in [0.15, 0.2) is 6.61 Å². The van der Waals surface area contributed by atoms with E-state index in [9.17, 15) is 14.4 Å². The Morgan fingerprint density at radius 2 is 1.41 bits per heavy atom. The molecule has 0 atom stereocenters. The van der Waals surface area contributed by atoms with Crippen molar-refractivity contribution < 1.29 is 23.9 Å². The Morgan fingerprint density at radius 1 is 0.794 bits per heavy atom. The largest absolute Gasteiger partial charge is 0.495 e. The highest BCUT2D eigenvalue weighted by molar-refractivity contribution is 7.99. The monoisotopic (exact) mass is 479 g/mol. The number of para-hydroxylation sites is 2. The molecule has 0 fully saturated rings. The van der Waals surface area contributed by atoms with Gasteiger partial charge in [-0.25, -0.2) is 0 Å². The average molecular weight is 480 g/mol. The molecule has 3 rings (SSSR count). The van der Waals surface area contributed by atoms with Crippen molar-refractivity contribution in [3.05, 3.63) is 78.4 Å². The molecule has 0 unspecified atom stereocenters. The molecule has 0 saturated carbocycles. The van der Waals surface area contributed by atoms with Crippen LogP contribution in [0.5, 0.6) is 11.5 Å². The minimum Gasteiger partial charge on any atom is -0.495 e. The van der Waals surface area contributed by atoms with Crippen LogP contribution >= 0.6 is 11.8 Å². The van der Waals surface area contributed by atoms with Crippen molar-refractivity contribution in [3.63, 3.8) is 0 Å². The number of hydrogen-bond donors (Lipinski definition) is 3.